The van der Waals surface area contributed by atoms with Crippen molar-refractivity contribution >= 4 is 55.0 Å². The molecule has 0 bridgehead atoms. The lowest BCUT2D eigenvalue weighted by Gasteiger charge is -2.25. The van der Waals surface area contributed by atoms with Crippen LogP contribution < -0.4 is 9.64 Å². The average molecular weight is 595 g/mol. The molecule has 2 aromatic carbocycles. The summed E-state index contributed by atoms with van der Waals surface area (Å²) in [6.45, 7) is 10.3. The van der Waals surface area contributed by atoms with Crippen molar-refractivity contribution in [3.05, 3.63) is 47.5 Å². The number of ether oxygens (including phenoxy) is 1. The van der Waals surface area contributed by atoms with Crippen molar-refractivity contribution in [2.45, 2.75) is 51.3 Å². The molecule has 39 heavy (non-hydrogen) atoms. The van der Waals surface area contributed by atoms with Gasteiger partial charge in [-0.15, -0.1) is 12.4 Å². The standard InChI is InChI=1S/C28H38N4O4S2.ClH/c1-5-30(6-2)19-20-32(28-29-25-24(36-4)16-11-21(3)26(25)37-28)27(33)22-12-14-23(15-13-22)38(34,35)31-17-9-7-8-10-18-31;/h11-16H,5-10,17-20H2,1-4H3;1H. The maximum absolute atomic E-state index is 13.8. The summed E-state index contributed by atoms with van der Waals surface area (Å²) < 4.78 is 34.5. The second-order valence-corrected chi connectivity index (χ2v) is 12.5. The Kier molecular flexibility index (Phi) is 11.1. The van der Waals surface area contributed by atoms with Gasteiger partial charge in [0, 0.05) is 31.7 Å². The Morgan fingerprint density at radius 2 is 1.64 bits per heavy atom. The summed E-state index contributed by atoms with van der Waals surface area (Å²) >= 11 is 1.47. The van der Waals surface area contributed by atoms with Crippen LogP contribution in [-0.4, -0.2) is 74.9 Å². The number of hydrogen-bond donors (Lipinski definition) is 0. The van der Waals surface area contributed by atoms with Crippen molar-refractivity contribution in [2.24, 2.45) is 0 Å². The van der Waals surface area contributed by atoms with Crippen molar-refractivity contribution in [3.8, 4) is 5.75 Å². The highest BCUT2D eigenvalue weighted by molar-refractivity contribution is 7.89. The molecule has 0 radical (unpaired) electrons. The van der Waals surface area contributed by atoms with E-state index in [1.165, 1.54) is 11.3 Å². The zero-order chi connectivity index (χ0) is 27.3. The lowest BCUT2D eigenvalue weighted by molar-refractivity contribution is 0.0983. The van der Waals surface area contributed by atoms with Crippen molar-refractivity contribution in [2.75, 3.05) is 51.3 Å². The zero-order valence-corrected chi connectivity index (χ0v) is 25.6. The number of sulfonamides is 1. The summed E-state index contributed by atoms with van der Waals surface area (Å²) in [6, 6.07) is 10.2. The third-order valence-electron chi connectivity index (χ3n) is 7.23. The van der Waals surface area contributed by atoms with Gasteiger partial charge in [-0.2, -0.15) is 4.31 Å². The van der Waals surface area contributed by atoms with Crippen LogP contribution in [0.5, 0.6) is 5.75 Å². The number of nitrogens with zero attached hydrogens (tertiary/aromatic N) is 4. The van der Waals surface area contributed by atoms with Gasteiger partial charge in [-0.1, -0.05) is 44.1 Å². The molecule has 1 aliphatic heterocycles. The zero-order valence-electron chi connectivity index (χ0n) is 23.2. The number of fused-ring (bicyclic) bond motifs is 1. The van der Waals surface area contributed by atoms with E-state index in [9.17, 15) is 13.2 Å². The Labute approximate surface area is 242 Å². The topological polar surface area (TPSA) is 83.1 Å². The monoisotopic (exact) mass is 594 g/mol. The molecule has 1 aromatic heterocycles. The summed E-state index contributed by atoms with van der Waals surface area (Å²) in [6.07, 6.45) is 3.87. The number of anilines is 1. The molecule has 0 unspecified atom stereocenters. The maximum atomic E-state index is 13.8. The molecule has 0 saturated carbocycles. The maximum Gasteiger partial charge on any atom is 0.260 e. The molecule has 8 nitrogen and oxygen atoms in total. The molecule has 1 fully saturated rings. The number of amides is 1. The molecule has 1 saturated heterocycles. The molecule has 0 aliphatic carbocycles. The van der Waals surface area contributed by atoms with E-state index in [-0.39, 0.29) is 23.2 Å². The van der Waals surface area contributed by atoms with Crippen LogP contribution in [0, 0.1) is 6.92 Å². The number of aromatic nitrogens is 1. The number of carbonyl (C=O) groups is 1. The number of methoxy groups -OCH3 is 1. The van der Waals surface area contributed by atoms with E-state index in [1.54, 1.807) is 40.6 Å². The summed E-state index contributed by atoms with van der Waals surface area (Å²) in [5.74, 6) is 0.471. The largest absolute Gasteiger partial charge is 0.494 e. The highest BCUT2D eigenvalue weighted by Gasteiger charge is 2.27. The van der Waals surface area contributed by atoms with E-state index in [1.807, 2.05) is 19.1 Å². The van der Waals surface area contributed by atoms with Gasteiger partial charge in [0.1, 0.15) is 11.3 Å². The van der Waals surface area contributed by atoms with Gasteiger partial charge in [0.05, 0.1) is 16.7 Å². The van der Waals surface area contributed by atoms with Crippen LogP contribution in [0.15, 0.2) is 41.3 Å². The van der Waals surface area contributed by atoms with Crippen LogP contribution in [0.4, 0.5) is 5.13 Å². The van der Waals surface area contributed by atoms with E-state index in [0.717, 1.165) is 54.6 Å². The fourth-order valence-electron chi connectivity index (χ4n) is 4.80. The number of carbonyl (C=O) groups excluding carboxylic acids is 1. The Bertz CT molecular complexity index is 1350. The second-order valence-electron chi connectivity index (χ2n) is 9.59. The van der Waals surface area contributed by atoms with Gasteiger partial charge in [-0.25, -0.2) is 13.4 Å². The summed E-state index contributed by atoms with van der Waals surface area (Å²) in [5.41, 5.74) is 2.25. The molecule has 2 heterocycles. The Hall–Kier alpha value is -2.24. The van der Waals surface area contributed by atoms with E-state index < -0.39 is 10.0 Å². The van der Waals surface area contributed by atoms with Crippen molar-refractivity contribution in [3.63, 3.8) is 0 Å². The highest BCUT2D eigenvalue weighted by Crippen LogP contribution is 2.37. The first kappa shape index (κ1) is 31.3. The molecular weight excluding hydrogens is 556 g/mol. The quantitative estimate of drug-likeness (QED) is 0.304. The van der Waals surface area contributed by atoms with Gasteiger partial charge in [0.2, 0.25) is 10.0 Å². The predicted molar refractivity (Wildman–Crippen MR) is 161 cm³/mol. The number of benzene rings is 2. The Morgan fingerprint density at radius 1 is 1.00 bits per heavy atom. The number of rotatable bonds is 10. The van der Waals surface area contributed by atoms with Gasteiger partial charge in [0.15, 0.2) is 5.13 Å². The van der Waals surface area contributed by atoms with Gasteiger partial charge in [-0.05, 0) is 68.8 Å². The van der Waals surface area contributed by atoms with Crippen molar-refractivity contribution < 1.29 is 17.9 Å². The van der Waals surface area contributed by atoms with Crippen LogP contribution in [0.2, 0.25) is 0 Å². The van der Waals surface area contributed by atoms with E-state index in [2.05, 4.69) is 18.7 Å². The van der Waals surface area contributed by atoms with Crippen LogP contribution >= 0.6 is 23.7 Å². The van der Waals surface area contributed by atoms with E-state index in [0.29, 0.717) is 42.6 Å². The third kappa shape index (κ3) is 6.92. The average Bonchev–Trinajstić information content (AvgIpc) is 3.18. The third-order valence-corrected chi connectivity index (χ3v) is 10.4. The van der Waals surface area contributed by atoms with Gasteiger partial charge in [-0.3, -0.25) is 9.69 Å². The van der Waals surface area contributed by atoms with Crippen LogP contribution in [0.1, 0.15) is 55.5 Å². The first-order valence-electron chi connectivity index (χ1n) is 13.4. The molecule has 0 spiro atoms. The molecule has 3 aromatic rings. The lowest BCUT2D eigenvalue weighted by Crippen LogP contribution is -2.39. The Balaban J connectivity index is 0.00000420. The van der Waals surface area contributed by atoms with Crippen molar-refractivity contribution in [1.82, 2.24) is 14.2 Å². The predicted octanol–water partition coefficient (Wildman–Crippen LogP) is 5.59. The van der Waals surface area contributed by atoms with Gasteiger partial charge < -0.3 is 9.64 Å². The molecular formula is C28H39ClN4O4S2. The molecule has 1 amide bonds. The molecule has 214 valence electrons. The first-order chi connectivity index (χ1) is 18.3. The molecule has 0 N–H and O–H groups in total. The fraction of sp³-hybridized carbons (Fsp3) is 0.500. The summed E-state index contributed by atoms with van der Waals surface area (Å²) in [5, 5.41) is 0.603. The number of aryl methyl sites for hydroxylation is 1. The minimum absolute atomic E-state index is 0. The number of likely N-dealkylation sites (N-methyl/N-ethyl adjacent to an activating group) is 1. The summed E-state index contributed by atoms with van der Waals surface area (Å²) in [4.78, 5) is 22.9. The minimum atomic E-state index is -3.58. The highest BCUT2D eigenvalue weighted by atomic mass is 35.5. The molecule has 0 atom stereocenters. The minimum Gasteiger partial charge on any atom is -0.494 e. The fourth-order valence-corrected chi connectivity index (χ4v) is 7.39. The normalized spacial score (nSPS) is 14.7. The SMILES string of the molecule is CCN(CC)CCN(C(=O)c1ccc(S(=O)(=O)N2CCCCCC2)cc1)c1nc2c(OC)ccc(C)c2s1.Cl. The number of hydrogen-bond acceptors (Lipinski definition) is 7. The second kappa shape index (κ2) is 13.9. The lowest BCUT2D eigenvalue weighted by atomic mass is 10.2. The molecule has 1 aliphatic rings. The summed E-state index contributed by atoms with van der Waals surface area (Å²) in [7, 11) is -1.96. The van der Waals surface area contributed by atoms with Crippen LogP contribution in [-0.2, 0) is 10.0 Å². The van der Waals surface area contributed by atoms with E-state index in [4.69, 9.17) is 9.72 Å². The molecule has 4 rings (SSSR count). The smallest absolute Gasteiger partial charge is 0.260 e. The Morgan fingerprint density at radius 3 is 2.23 bits per heavy atom. The van der Waals surface area contributed by atoms with E-state index >= 15 is 0 Å². The molecule has 11 heteroatoms. The first-order valence-corrected chi connectivity index (χ1v) is 15.6. The van der Waals surface area contributed by atoms with Crippen LogP contribution in [0.3, 0.4) is 0 Å². The van der Waals surface area contributed by atoms with Gasteiger partial charge in [0.25, 0.3) is 5.91 Å². The number of halogens is 1. The van der Waals surface area contributed by atoms with Gasteiger partial charge >= 0.3 is 0 Å². The number of thiazole rings is 1. The van der Waals surface area contributed by atoms with Crippen LogP contribution in [0.25, 0.3) is 10.2 Å². The van der Waals surface area contributed by atoms with Crippen molar-refractivity contribution in [1.29, 1.82) is 0 Å².